The second-order valence-corrected chi connectivity index (χ2v) is 4.24. The Morgan fingerprint density at radius 3 is 2.69 bits per heavy atom. The number of ether oxygens (including phenoxy) is 1. The summed E-state index contributed by atoms with van der Waals surface area (Å²) in [4.78, 5) is 11.5. The molecule has 16 heavy (non-hydrogen) atoms. The molecule has 0 aliphatic rings. The molecule has 5 nitrogen and oxygen atoms in total. The normalized spacial score (nSPS) is 16.6. The first-order valence-corrected chi connectivity index (χ1v) is 5.65. The fourth-order valence-electron chi connectivity index (χ4n) is 1.02. The molecule has 0 bridgehead atoms. The third-order valence-corrected chi connectivity index (χ3v) is 2.55. The standard InChI is InChI=1S/C11H24N2O3/c1-5-11(3,15)8-13-9(2)10(14)12-6-7-16-4/h9,13,15H,5-8H2,1-4H3,(H,12,14). The Bertz CT molecular complexity index is 207. The topological polar surface area (TPSA) is 70.6 Å². The Morgan fingerprint density at radius 2 is 2.19 bits per heavy atom. The van der Waals surface area contributed by atoms with Gasteiger partial charge in [-0.25, -0.2) is 0 Å². The second-order valence-electron chi connectivity index (χ2n) is 4.24. The average Bonchev–Trinajstić information content (AvgIpc) is 2.26. The Balaban J connectivity index is 3.79. The monoisotopic (exact) mass is 232 g/mol. The first kappa shape index (κ1) is 15.3. The van der Waals surface area contributed by atoms with Crippen molar-refractivity contribution in [1.82, 2.24) is 10.6 Å². The summed E-state index contributed by atoms with van der Waals surface area (Å²) < 4.78 is 4.83. The van der Waals surface area contributed by atoms with Crippen molar-refractivity contribution in [3.63, 3.8) is 0 Å². The van der Waals surface area contributed by atoms with E-state index in [2.05, 4.69) is 10.6 Å². The van der Waals surface area contributed by atoms with Crippen LogP contribution in [0.25, 0.3) is 0 Å². The molecule has 0 saturated heterocycles. The number of hydrogen-bond acceptors (Lipinski definition) is 4. The number of carbonyl (C=O) groups excluding carboxylic acids is 1. The van der Waals surface area contributed by atoms with Crippen LogP contribution in [-0.4, -0.2) is 49.5 Å². The minimum absolute atomic E-state index is 0.0797. The number of hydrogen-bond donors (Lipinski definition) is 3. The van der Waals surface area contributed by atoms with Crippen LogP contribution in [0.15, 0.2) is 0 Å². The molecule has 3 N–H and O–H groups in total. The molecule has 0 heterocycles. The van der Waals surface area contributed by atoms with Crippen molar-refractivity contribution in [3.05, 3.63) is 0 Å². The largest absolute Gasteiger partial charge is 0.389 e. The fourth-order valence-corrected chi connectivity index (χ4v) is 1.02. The van der Waals surface area contributed by atoms with E-state index in [1.54, 1.807) is 21.0 Å². The Labute approximate surface area is 97.6 Å². The van der Waals surface area contributed by atoms with E-state index in [4.69, 9.17) is 4.74 Å². The average molecular weight is 232 g/mol. The van der Waals surface area contributed by atoms with E-state index >= 15 is 0 Å². The van der Waals surface area contributed by atoms with Gasteiger partial charge in [0.2, 0.25) is 5.91 Å². The van der Waals surface area contributed by atoms with Crippen LogP contribution in [-0.2, 0) is 9.53 Å². The van der Waals surface area contributed by atoms with Gasteiger partial charge in [-0.15, -0.1) is 0 Å². The van der Waals surface area contributed by atoms with E-state index in [0.717, 1.165) is 0 Å². The fraction of sp³-hybridized carbons (Fsp3) is 0.909. The summed E-state index contributed by atoms with van der Waals surface area (Å²) >= 11 is 0. The zero-order valence-corrected chi connectivity index (χ0v) is 10.7. The molecule has 0 aliphatic carbocycles. The van der Waals surface area contributed by atoms with Crippen LogP contribution < -0.4 is 10.6 Å². The molecule has 0 aromatic rings. The third kappa shape index (κ3) is 6.76. The summed E-state index contributed by atoms with van der Waals surface area (Å²) in [6.45, 7) is 6.84. The lowest BCUT2D eigenvalue weighted by atomic mass is 10.0. The van der Waals surface area contributed by atoms with Crippen LogP contribution in [0.1, 0.15) is 27.2 Å². The summed E-state index contributed by atoms with van der Waals surface area (Å²) in [5.41, 5.74) is -0.763. The summed E-state index contributed by atoms with van der Waals surface area (Å²) in [5, 5.41) is 15.5. The van der Waals surface area contributed by atoms with Gasteiger partial charge in [0, 0.05) is 20.2 Å². The number of carbonyl (C=O) groups is 1. The van der Waals surface area contributed by atoms with Crippen LogP contribution in [0.2, 0.25) is 0 Å². The highest BCUT2D eigenvalue weighted by atomic mass is 16.5. The molecular weight excluding hydrogens is 208 g/mol. The maximum atomic E-state index is 11.5. The molecule has 0 rings (SSSR count). The SMILES string of the molecule is CCC(C)(O)CNC(C)C(=O)NCCOC. The van der Waals surface area contributed by atoms with Gasteiger partial charge < -0.3 is 20.5 Å². The van der Waals surface area contributed by atoms with E-state index in [0.29, 0.717) is 26.1 Å². The third-order valence-electron chi connectivity index (χ3n) is 2.55. The molecule has 0 aromatic heterocycles. The van der Waals surface area contributed by atoms with E-state index in [1.165, 1.54) is 0 Å². The Kier molecular flexibility index (Phi) is 7.29. The zero-order valence-electron chi connectivity index (χ0n) is 10.7. The molecular formula is C11H24N2O3. The molecule has 0 spiro atoms. The van der Waals surface area contributed by atoms with Crippen molar-refractivity contribution >= 4 is 5.91 Å². The lowest BCUT2D eigenvalue weighted by molar-refractivity contribution is -0.123. The van der Waals surface area contributed by atoms with Crippen molar-refractivity contribution in [2.24, 2.45) is 0 Å². The number of rotatable bonds is 8. The van der Waals surface area contributed by atoms with Gasteiger partial charge in [0.25, 0.3) is 0 Å². The number of methoxy groups -OCH3 is 1. The van der Waals surface area contributed by atoms with Gasteiger partial charge in [-0.1, -0.05) is 6.92 Å². The summed E-state index contributed by atoms with van der Waals surface area (Å²) in [6.07, 6.45) is 0.651. The first-order chi connectivity index (χ1) is 7.43. The van der Waals surface area contributed by atoms with E-state index in [9.17, 15) is 9.90 Å². The first-order valence-electron chi connectivity index (χ1n) is 5.65. The number of amides is 1. The molecule has 0 aliphatic heterocycles. The van der Waals surface area contributed by atoms with Gasteiger partial charge in [0.1, 0.15) is 0 Å². The maximum Gasteiger partial charge on any atom is 0.236 e. The molecule has 2 unspecified atom stereocenters. The van der Waals surface area contributed by atoms with Gasteiger partial charge in [0.15, 0.2) is 0 Å². The molecule has 0 saturated carbocycles. The number of nitrogens with one attached hydrogen (secondary N) is 2. The van der Waals surface area contributed by atoms with Gasteiger partial charge >= 0.3 is 0 Å². The van der Waals surface area contributed by atoms with E-state index in [1.807, 2.05) is 6.92 Å². The van der Waals surface area contributed by atoms with Crippen LogP contribution in [0.3, 0.4) is 0 Å². The van der Waals surface area contributed by atoms with Crippen LogP contribution in [0, 0.1) is 0 Å². The predicted octanol–water partition coefficient (Wildman–Crippen LogP) is -0.112. The summed E-state index contributed by atoms with van der Waals surface area (Å²) in [7, 11) is 1.59. The molecule has 0 fully saturated rings. The second kappa shape index (κ2) is 7.60. The van der Waals surface area contributed by atoms with Crippen molar-refractivity contribution in [2.75, 3.05) is 26.8 Å². The quantitative estimate of drug-likeness (QED) is 0.511. The minimum atomic E-state index is -0.763. The smallest absolute Gasteiger partial charge is 0.236 e. The van der Waals surface area contributed by atoms with Crippen LogP contribution in [0.4, 0.5) is 0 Å². The van der Waals surface area contributed by atoms with Gasteiger partial charge in [0.05, 0.1) is 18.2 Å². The highest BCUT2D eigenvalue weighted by Gasteiger charge is 2.20. The van der Waals surface area contributed by atoms with Crippen molar-refractivity contribution < 1.29 is 14.6 Å². The zero-order chi connectivity index (χ0) is 12.6. The van der Waals surface area contributed by atoms with E-state index in [-0.39, 0.29) is 11.9 Å². The summed E-state index contributed by atoms with van der Waals surface area (Å²) in [5.74, 6) is -0.0797. The highest BCUT2D eigenvalue weighted by molar-refractivity contribution is 5.81. The Hall–Kier alpha value is -0.650. The van der Waals surface area contributed by atoms with Crippen LogP contribution in [0.5, 0.6) is 0 Å². The summed E-state index contributed by atoms with van der Waals surface area (Å²) in [6, 6.07) is -0.310. The minimum Gasteiger partial charge on any atom is -0.389 e. The molecule has 0 radical (unpaired) electrons. The van der Waals surface area contributed by atoms with Gasteiger partial charge in [-0.2, -0.15) is 0 Å². The van der Waals surface area contributed by atoms with Crippen molar-refractivity contribution in [3.8, 4) is 0 Å². The lowest BCUT2D eigenvalue weighted by Crippen LogP contribution is -2.48. The maximum absolute atomic E-state index is 11.5. The lowest BCUT2D eigenvalue weighted by Gasteiger charge is -2.24. The van der Waals surface area contributed by atoms with E-state index < -0.39 is 5.60 Å². The molecule has 2 atom stereocenters. The molecule has 5 heteroatoms. The van der Waals surface area contributed by atoms with Crippen molar-refractivity contribution in [2.45, 2.75) is 38.8 Å². The van der Waals surface area contributed by atoms with Gasteiger partial charge in [-0.05, 0) is 20.3 Å². The molecule has 96 valence electrons. The Morgan fingerprint density at radius 1 is 1.56 bits per heavy atom. The van der Waals surface area contributed by atoms with Crippen LogP contribution >= 0.6 is 0 Å². The predicted molar refractivity (Wildman–Crippen MR) is 63.3 cm³/mol. The van der Waals surface area contributed by atoms with Crippen molar-refractivity contribution in [1.29, 1.82) is 0 Å². The molecule has 1 amide bonds. The molecule has 0 aromatic carbocycles. The van der Waals surface area contributed by atoms with Gasteiger partial charge in [-0.3, -0.25) is 4.79 Å². The highest BCUT2D eigenvalue weighted by Crippen LogP contribution is 2.06. The number of aliphatic hydroxyl groups is 1.